The standard InChI is InChI=1S/C20H23F2N10O7PS2.HOPS/c21-8-7(1-33)42-19(32-5-28-11-16(32)29-20(24)30-17(11)35)13(8)39-40(36,41)37-2-6-12(34)9(22)18(38-6)31-4-27-10-14(23)25-3-26-15(10)31;1-2-3/h3-9,12-13,18-19,33-34H,1-2H2,(H,36,41)(H2,23,25,26)(H3,24,29,30,35);(H,1,3)/t6-,7-,8-,9+,12-,13-,18-,19-,40?;/m1./s1. The molecule has 8 N–H and O–H groups in total. The van der Waals surface area contributed by atoms with Gasteiger partial charge in [-0.15, -0.1) is 11.8 Å². The van der Waals surface area contributed by atoms with Gasteiger partial charge in [0.1, 0.15) is 41.7 Å². The Hall–Kier alpha value is -2.43. The van der Waals surface area contributed by atoms with Gasteiger partial charge in [-0.3, -0.25) is 28.0 Å². The monoisotopic (exact) mass is 728 g/mol. The lowest BCUT2D eigenvalue weighted by Crippen LogP contribution is -2.33. The summed E-state index contributed by atoms with van der Waals surface area (Å²) in [7, 11) is -0.139. The van der Waals surface area contributed by atoms with Gasteiger partial charge in [0.05, 0.1) is 31.1 Å². The van der Waals surface area contributed by atoms with Crippen LogP contribution in [0, 0.1) is 0 Å². The summed E-state index contributed by atoms with van der Waals surface area (Å²) in [6, 6.07) is 0. The molecule has 1 unspecified atom stereocenters. The first-order chi connectivity index (χ1) is 21.4. The third-order valence-corrected chi connectivity index (χ3v) is 9.87. The number of fused-ring (bicyclic) bond motifs is 2. The Morgan fingerprint density at radius 3 is 2.58 bits per heavy atom. The van der Waals surface area contributed by atoms with Crippen LogP contribution >= 0.6 is 38.4 Å². The van der Waals surface area contributed by atoms with Crippen LogP contribution in [0.4, 0.5) is 20.5 Å². The van der Waals surface area contributed by atoms with Crippen LogP contribution in [-0.2, 0) is 30.2 Å². The summed E-state index contributed by atoms with van der Waals surface area (Å²) in [5.41, 5.74) is 11.1. The van der Waals surface area contributed by atoms with E-state index in [2.05, 4.69) is 42.2 Å². The number of aromatic nitrogens is 8. The molecule has 244 valence electrons. The summed E-state index contributed by atoms with van der Waals surface area (Å²) in [6.45, 7) is -5.48. The van der Waals surface area contributed by atoms with Crippen molar-refractivity contribution in [3.05, 3.63) is 29.3 Å². The number of nitrogens with zero attached hydrogens (tertiary/aromatic N) is 7. The number of halogens is 2. The van der Waals surface area contributed by atoms with E-state index in [9.17, 15) is 19.9 Å². The number of nitrogens with two attached hydrogens (primary N) is 2. The zero-order valence-corrected chi connectivity index (χ0v) is 26.7. The highest BCUT2D eigenvalue weighted by molar-refractivity contribution is 8.33. The van der Waals surface area contributed by atoms with Gasteiger partial charge in [0.15, 0.2) is 35.0 Å². The number of H-pyrrole nitrogens is 1. The maximum Gasteiger partial charge on any atom is 0.325 e. The minimum atomic E-state index is -4.28. The molecule has 0 bridgehead atoms. The Morgan fingerprint density at radius 1 is 1.18 bits per heavy atom. The highest BCUT2D eigenvalue weighted by Crippen LogP contribution is 2.54. The summed E-state index contributed by atoms with van der Waals surface area (Å²) in [5.74, 6) is -0.140. The Bertz CT molecular complexity index is 1800. The van der Waals surface area contributed by atoms with Gasteiger partial charge in [-0.25, -0.2) is 28.7 Å². The van der Waals surface area contributed by atoms with Crippen LogP contribution in [0.3, 0.4) is 0 Å². The lowest BCUT2D eigenvalue weighted by molar-refractivity contribution is -0.0461. The van der Waals surface area contributed by atoms with Crippen LogP contribution in [0.5, 0.6) is 0 Å². The number of aromatic amines is 1. The maximum atomic E-state index is 15.4. The van der Waals surface area contributed by atoms with E-state index in [-0.39, 0.29) is 41.8 Å². The Labute approximate surface area is 266 Å². The predicted octanol–water partition coefficient (Wildman–Crippen LogP) is 0.406. The molecule has 9 atom stereocenters. The third kappa shape index (κ3) is 6.70. The Kier molecular flexibility index (Phi) is 10.4. The molecule has 0 aromatic carbocycles. The van der Waals surface area contributed by atoms with Crippen molar-refractivity contribution >= 4 is 84.3 Å². The number of imidazole rings is 2. The van der Waals surface area contributed by atoms with Crippen molar-refractivity contribution < 1.29 is 42.2 Å². The molecular weight excluding hydrogens is 704 g/mol. The average molecular weight is 729 g/mol. The van der Waals surface area contributed by atoms with E-state index in [1.54, 1.807) is 0 Å². The largest absolute Gasteiger partial charge is 0.395 e. The second-order valence-electron chi connectivity index (χ2n) is 9.47. The van der Waals surface area contributed by atoms with Crippen LogP contribution in [0.25, 0.3) is 22.3 Å². The van der Waals surface area contributed by atoms with Crippen LogP contribution < -0.4 is 17.0 Å². The number of hydrogen-bond donors (Lipinski definition) is 7. The predicted molar refractivity (Wildman–Crippen MR) is 163 cm³/mol. The average Bonchev–Trinajstić information content (AvgIpc) is 3.74. The van der Waals surface area contributed by atoms with E-state index in [0.29, 0.717) is 0 Å². The number of anilines is 2. The number of thioether (sulfide) groups is 1. The summed E-state index contributed by atoms with van der Waals surface area (Å²) < 4.78 is 58.4. The van der Waals surface area contributed by atoms with E-state index in [1.807, 2.05) is 0 Å². The quantitative estimate of drug-likeness (QED) is 0.0956. The molecule has 25 heteroatoms. The molecule has 4 aromatic heterocycles. The van der Waals surface area contributed by atoms with Crippen molar-refractivity contribution in [3.63, 3.8) is 0 Å². The van der Waals surface area contributed by atoms with Crippen molar-refractivity contribution in [2.75, 3.05) is 24.7 Å². The van der Waals surface area contributed by atoms with Gasteiger partial charge in [0.25, 0.3) is 5.56 Å². The van der Waals surface area contributed by atoms with E-state index in [0.717, 1.165) is 18.1 Å². The molecule has 0 radical (unpaired) electrons. The van der Waals surface area contributed by atoms with Crippen LogP contribution in [-0.4, -0.2) is 103 Å². The van der Waals surface area contributed by atoms with Crippen molar-refractivity contribution in [2.45, 2.75) is 47.5 Å². The molecule has 0 spiro atoms. The minimum Gasteiger partial charge on any atom is -0.395 e. The van der Waals surface area contributed by atoms with E-state index in [1.165, 1.54) is 21.8 Å². The molecule has 6 heterocycles. The fourth-order valence-electron chi connectivity index (χ4n) is 4.78. The molecule has 2 aliphatic heterocycles. The topological polar surface area (TPSA) is 265 Å². The zero-order chi connectivity index (χ0) is 32.6. The van der Waals surface area contributed by atoms with E-state index in [4.69, 9.17) is 41.6 Å². The number of hydrogen-bond acceptors (Lipinski definition) is 16. The Balaban J connectivity index is 0.00000128. The van der Waals surface area contributed by atoms with Crippen LogP contribution in [0.15, 0.2) is 23.8 Å². The highest BCUT2D eigenvalue weighted by atomic mass is 32.7. The smallest absolute Gasteiger partial charge is 0.325 e. The number of alkyl halides is 2. The SMILES string of the molecule is Nc1nc2c(ncn2[C@@H]2S[C@H](CO)[C@@H](F)[C@H]2OP(O)(=S)OC[C@H]2O[C@@H](n3cnc4c(N)ncnc43)[C@@H](F)[C@@H]2O)c(=O)[nH]1.O=PS. The molecule has 0 saturated carbocycles. The second kappa shape index (κ2) is 13.7. The van der Waals surface area contributed by atoms with E-state index < -0.39 is 73.0 Å². The highest BCUT2D eigenvalue weighted by Gasteiger charge is 2.50. The van der Waals surface area contributed by atoms with Gasteiger partial charge in [0.2, 0.25) is 13.6 Å². The van der Waals surface area contributed by atoms with Gasteiger partial charge in [-0.1, -0.05) is 12.2 Å². The first-order valence-corrected chi connectivity index (χ1v) is 18.1. The summed E-state index contributed by atoms with van der Waals surface area (Å²) >= 11 is 9.25. The fourth-order valence-corrected chi connectivity index (χ4v) is 7.67. The van der Waals surface area contributed by atoms with Gasteiger partial charge in [-0.05, 0) is 11.8 Å². The second-order valence-corrected chi connectivity index (χ2v) is 14.3. The van der Waals surface area contributed by atoms with Gasteiger partial charge in [-0.2, -0.15) is 4.98 Å². The lowest BCUT2D eigenvalue weighted by Gasteiger charge is -2.27. The van der Waals surface area contributed by atoms with Crippen LogP contribution in [0.1, 0.15) is 11.6 Å². The molecule has 2 saturated heterocycles. The zero-order valence-electron chi connectivity index (χ0n) is 22.3. The number of aliphatic hydroxyl groups is 2. The van der Waals surface area contributed by atoms with Gasteiger partial charge in [0, 0.05) is 0 Å². The maximum absolute atomic E-state index is 15.4. The number of aliphatic hydroxyl groups excluding tert-OH is 2. The number of nitrogen functional groups attached to an aromatic ring is 2. The molecular formula is C20H24F2N10O8P2S3. The molecule has 2 aliphatic rings. The molecule has 18 nitrogen and oxygen atoms in total. The fraction of sp³-hybridized carbons (Fsp3) is 0.500. The Morgan fingerprint density at radius 2 is 1.87 bits per heavy atom. The molecule has 0 aliphatic carbocycles. The molecule has 0 amide bonds. The number of thiol groups is 1. The first kappa shape index (κ1) is 33.9. The first-order valence-electron chi connectivity index (χ1n) is 12.6. The summed E-state index contributed by atoms with van der Waals surface area (Å²) in [5, 5.41) is 18.2. The van der Waals surface area contributed by atoms with Gasteiger partial charge >= 0.3 is 6.72 Å². The molecule has 2 fully saturated rings. The minimum absolute atomic E-state index is 0.0156. The van der Waals surface area contributed by atoms with Crippen molar-refractivity contribution in [2.24, 2.45) is 0 Å². The molecule has 45 heavy (non-hydrogen) atoms. The number of rotatable bonds is 8. The van der Waals surface area contributed by atoms with Crippen molar-refractivity contribution in [1.82, 2.24) is 39.0 Å². The third-order valence-electron chi connectivity index (χ3n) is 6.78. The van der Waals surface area contributed by atoms with Crippen molar-refractivity contribution in [1.29, 1.82) is 0 Å². The molecule has 6 rings (SSSR count). The lowest BCUT2D eigenvalue weighted by atomic mass is 10.1. The molecule has 4 aromatic rings. The van der Waals surface area contributed by atoms with Gasteiger partial charge < -0.3 is 35.8 Å². The van der Waals surface area contributed by atoms with Crippen molar-refractivity contribution in [3.8, 4) is 0 Å². The number of nitrogens with one attached hydrogen (secondary N) is 1. The van der Waals surface area contributed by atoms with E-state index >= 15 is 8.78 Å². The summed E-state index contributed by atoms with van der Waals surface area (Å²) in [6.07, 6.45) is -6.10. The summed E-state index contributed by atoms with van der Waals surface area (Å²) in [4.78, 5) is 45.3. The normalized spacial score (nSPS) is 29.6. The van der Waals surface area contributed by atoms with Crippen LogP contribution in [0.2, 0.25) is 0 Å². The number of ether oxygens (including phenoxy) is 1.